The minimum atomic E-state index is 0.693. The highest BCUT2D eigenvalue weighted by atomic mass is 15.2. The summed E-state index contributed by atoms with van der Waals surface area (Å²) in [6.45, 7) is 11.2. The summed E-state index contributed by atoms with van der Waals surface area (Å²) in [5.74, 6) is 0. The summed E-state index contributed by atoms with van der Waals surface area (Å²) in [6.07, 6.45) is 2.52. The molecule has 1 N–H and O–H groups in total. The fourth-order valence-electron chi connectivity index (χ4n) is 3.15. The molecule has 0 amide bonds. The summed E-state index contributed by atoms with van der Waals surface area (Å²) in [4.78, 5) is 5.15. The van der Waals surface area contributed by atoms with Crippen LogP contribution in [-0.4, -0.2) is 49.1 Å². The first-order chi connectivity index (χ1) is 10.2. The van der Waals surface area contributed by atoms with Crippen molar-refractivity contribution >= 4 is 0 Å². The Morgan fingerprint density at radius 3 is 2.48 bits per heavy atom. The van der Waals surface area contributed by atoms with Gasteiger partial charge in [-0.25, -0.2) is 0 Å². The molecule has 0 radical (unpaired) electrons. The number of nitrogens with one attached hydrogen (secondary N) is 1. The van der Waals surface area contributed by atoms with Gasteiger partial charge in [0.1, 0.15) is 0 Å². The molecule has 1 aromatic carbocycles. The van der Waals surface area contributed by atoms with Crippen molar-refractivity contribution in [1.29, 1.82) is 0 Å². The molecule has 0 saturated carbocycles. The van der Waals surface area contributed by atoms with Gasteiger partial charge >= 0.3 is 0 Å². The normalized spacial score (nSPS) is 21.4. The number of hydrogen-bond donors (Lipinski definition) is 1. The van der Waals surface area contributed by atoms with E-state index >= 15 is 0 Å². The molecule has 1 fully saturated rings. The average Bonchev–Trinajstić information content (AvgIpc) is 2.68. The van der Waals surface area contributed by atoms with Gasteiger partial charge in [-0.05, 0) is 44.1 Å². The fourth-order valence-corrected chi connectivity index (χ4v) is 3.15. The van der Waals surface area contributed by atoms with Gasteiger partial charge in [0, 0.05) is 32.2 Å². The number of hydrogen-bond acceptors (Lipinski definition) is 3. The highest BCUT2D eigenvalue weighted by Gasteiger charge is 2.21. The van der Waals surface area contributed by atoms with E-state index in [9.17, 15) is 0 Å². The first-order valence-electron chi connectivity index (χ1n) is 8.44. The Kier molecular flexibility index (Phi) is 6.68. The van der Waals surface area contributed by atoms with Gasteiger partial charge in [0.05, 0.1) is 0 Å². The van der Waals surface area contributed by atoms with Crippen molar-refractivity contribution in [3.05, 3.63) is 35.4 Å². The van der Waals surface area contributed by atoms with Gasteiger partial charge < -0.3 is 10.2 Å². The zero-order chi connectivity index (χ0) is 15.1. The summed E-state index contributed by atoms with van der Waals surface area (Å²) in [5, 5.41) is 3.38. The van der Waals surface area contributed by atoms with Crippen LogP contribution in [0.5, 0.6) is 0 Å². The molecule has 3 heteroatoms. The number of benzene rings is 1. The molecule has 0 spiro atoms. The van der Waals surface area contributed by atoms with Crippen LogP contribution < -0.4 is 5.32 Å². The molecule has 118 valence electrons. The molecule has 3 nitrogen and oxygen atoms in total. The lowest BCUT2D eigenvalue weighted by Gasteiger charge is -2.30. The van der Waals surface area contributed by atoms with Crippen LogP contribution in [0.2, 0.25) is 0 Å². The Bertz CT molecular complexity index is 401. The van der Waals surface area contributed by atoms with Crippen molar-refractivity contribution in [2.24, 2.45) is 0 Å². The molecule has 1 aliphatic heterocycles. The van der Waals surface area contributed by atoms with Crippen molar-refractivity contribution < 1.29 is 0 Å². The molecule has 1 atom stereocenters. The second kappa shape index (κ2) is 8.52. The molecule has 1 aliphatic rings. The van der Waals surface area contributed by atoms with Crippen LogP contribution in [0.1, 0.15) is 37.8 Å². The van der Waals surface area contributed by atoms with Crippen LogP contribution in [0.25, 0.3) is 0 Å². The van der Waals surface area contributed by atoms with Crippen molar-refractivity contribution in [2.45, 2.75) is 45.8 Å². The van der Waals surface area contributed by atoms with E-state index in [1.165, 1.54) is 43.6 Å². The van der Waals surface area contributed by atoms with Gasteiger partial charge in [-0.2, -0.15) is 0 Å². The second-order valence-corrected chi connectivity index (χ2v) is 6.25. The Hall–Kier alpha value is -0.900. The Morgan fingerprint density at radius 2 is 1.81 bits per heavy atom. The van der Waals surface area contributed by atoms with Crippen LogP contribution in [0, 0.1) is 0 Å². The summed E-state index contributed by atoms with van der Waals surface area (Å²) in [5.41, 5.74) is 2.82. The number of rotatable bonds is 6. The van der Waals surface area contributed by atoms with E-state index in [0.717, 1.165) is 19.6 Å². The van der Waals surface area contributed by atoms with E-state index in [-0.39, 0.29) is 0 Å². The molecule has 1 saturated heterocycles. The molecular weight excluding hydrogens is 258 g/mol. The quantitative estimate of drug-likeness (QED) is 0.869. The lowest BCUT2D eigenvalue weighted by molar-refractivity contribution is 0.176. The largest absolute Gasteiger partial charge is 0.313 e. The van der Waals surface area contributed by atoms with Crippen molar-refractivity contribution in [2.75, 3.05) is 33.2 Å². The molecule has 21 heavy (non-hydrogen) atoms. The lowest BCUT2D eigenvalue weighted by atomic mass is 10.1. The Balaban J connectivity index is 1.95. The summed E-state index contributed by atoms with van der Waals surface area (Å²) < 4.78 is 0. The minimum absolute atomic E-state index is 0.693. The Morgan fingerprint density at radius 1 is 1.10 bits per heavy atom. The third kappa shape index (κ3) is 5.10. The standard InChI is InChI=1S/C18H31N3/c1-4-18-15-20(3)11-6-12-21(18)14-17-9-7-16(8-10-17)13-19-5-2/h7-10,18-19H,4-6,11-15H2,1-3H3. The minimum Gasteiger partial charge on any atom is -0.313 e. The predicted molar refractivity (Wildman–Crippen MR) is 90.4 cm³/mol. The third-order valence-electron chi connectivity index (χ3n) is 4.48. The van der Waals surface area contributed by atoms with Gasteiger partial charge in [0.15, 0.2) is 0 Å². The zero-order valence-electron chi connectivity index (χ0n) is 13.9. The summed E-state index contributed by atoms with van der Waals surface area (Å²) in [6, 6.07) is 9.83. The van der Waals surface area contributed by atoms with Crippen LogP contribution in [0.15, 0.2) is 24.3 Å². The Labute approximate surface area is 130 Å². The maximum absolute atomic E-state index is 3.38. The van der Waals surface area contributed by atoms with E-state index in [1.54, 1.807) is 0 Å². The molecule has 0 aromatic heterocycles. The van der Waals surface area contributed by atoms with E-state index in [2.05, 4.69) is 60.3 Å². The third-order valence-corrected chi connectivity index (χ3v) is 4.48. The fraction of sp³-hybridized carbons (Fsp3) is 0.667. The van der Waals surface area contributed by atoms with Gasteiger partial charge in [0.25, 0.3) is 0 Å². The van der Waals surface area contributed by atoms with Crippen LogP contribution in [0.4, 0.5) is 0 Å². The van der Waals surface area contributed by atoms with Gasteiger partial charge in [0.2, 0.25) is 0 Å². The number of nitrogens with zero attached hydrogens (tertiary/aromatic N) is 2. The van der Waals surface area contributed by atoms with Crippen LogP contribution >= 0.6 is 0 Å². The van der Waals surface area contributed by atoms with E-state index in [4.69, 9.17) is 0 Å². The molecule has 1 heterocycles. The average molecular weight is 289 g/mol. The maximum Gasteiger partial charge on any atom is 0.0237 e. The van der Waals surface area contributed by atoms with E-state index in [0.29, 0.717) is 6.04 Å². The molecule has 0 bridgehead atoms. The molecule has 0 aliphatic carbocycles. The maximum atomic E-state index is 3.38. The van der Waals surface area contributed by atoms with Crippen LogP contribution in [-0.2, 0) is 13.1 Å². The van der Waals surface area contributed by atoms with Crippen LogP contribution in [0.3, 0.4) is 0 Å². The lowest BCUT2D eigenvalue weighted by Crippen LogP contribution is -2.39. The highest BCUT2D eigenvalue weighted by molar-refractivity contribution is 5.22. The first-order valence-corrected chi connectivity index (χ1v) is 8.44. The van der Waals surface area contributed by atoms with E-state index in [1.807, 2.05) is 0 Å². The predicted octanol–water partition coefficient (Wildman–Crippen LogP) is 2.71. The molecule has 2 rings (SSSR count). The smallest absolute Gasteiger partial charge is 0.0237 e. The van der Waals surface area contributed by atoms with Gasteiger partial charge in [-0.15, -0.1) is 0 Å². The molecule has 1 aromatic rings. The van der Waals surface area contributed by atoms with Gasteiger partial charge in [-0.3, -0.25) is 4.90 Å². The van der Waals surface area contributed by atoms with Crippen molar-refractivity contribution in [3.63, 3.8) is 0 Å². The number of likely N-dealkylation sites (N-methyl/N-ethyl adjacent to an activating group) is 1. The second-order valence-electron chi connectivity index (χ2n) is 6.25. The monoisotopic (exact) mass is 289 g/mol. The summed E-state index contributed by atoms with van der Waals surface area (Å²) in [7, 11) is 2.25. The van der Waals surface area contributed by atoms with Crippen molar-refractivity contribution in [1.82, 2.24) is 15.1 Å². The molecular formula is C18H31N3. The first kappa shape index (κ1) is 16.5. The van der Waals surface area contributed by atoms with Gasteiger partial charge in [-0.1, -0.05) is 38.1 Å². The van der Waals surface area contributed by atoms with E-state index < -0.39 is 0 Å². The summed E-state index contributed by atoms with van der Waals surface area (Å²) >= 11 is 0. The highest BCUT2D eigenvalue weighted by Crippen LogP contribution is 2.16. The zero-order valence-corrected chi connectivity index (χ0v) is 13.9. The SMILES string of the molecule is CCNCc1ccc(CN2CCCN(C)CC2CC)cc1. The topological polar surface area (TPSA) is 18.5 Å². The van der Waals surface area contributed by atoms with Crippen molar-refractivity contribution in [3.8, 4) is 0 Å². The molecule has 1 unspecified atom stereocenters.